The lowest BCUT2D eigenvalue weighted by Crippen LogP contribution is -2.35. The first kappa shape index (κ1) is 15.3. The summed E-state index contributed by atoms with van der Waals surface area (Å²) < 4.78 is 7.35. The third-order valence-electron chi connectivity index (χ3n) is 4.07. The van der Waals surface area contributed by atoms with E-state index in [2.05, 4.69) is 61.1 Å². The molecule has 1 aliphatic rings. The normalized spacial score (nSPS) is 16.9. The van der Waals surface area contributed by atoms with Crippen LogP contribution in [-0.4, -0.2) is 41.0 Å². The molecule has 0 amide bonds. The molecule has 1 fully saturated rings. The summed E-state index contributed by atoms with van der Waals surface area (Å²) in [6, 6.07) is 10.8. The largest absolute Gasteiger partial charge is 0.379 e. The predicted octanol–water partition coefficient (Wildman–Crippen LogP) is 3.00. The van der Waals surface area contributed by atoms with Crippen molar-refractivity contribution < 1.29 is 4.74 Å². The van der Waals surface area contributed by atoms with Gasteiger partial charge in [0.1, 0.15) is 0 Å². The topological polar surface area (TPSA) is 30.3 Å². The number of hydrogen-bond acceptors (Lipinski definition) is 3. The first-order valence-electron chi connectivity index (χ1n) is 7.98. The summed E-state index contributed by atoms with van der Waals surface area (Å²) >= 11 is 0. The third kappa shape index (κ3) is 3.57. The van der Waals surface area contributed by atoms with E-state index in [0.717, 1.165) is 44.2 Å². The average Bonchev–Trinajstić information content (AvgIpc) is 2.99. The van der Waals surface area contributed by atoms with Gasteiger partial charge in [0.15, 0.2) is 0 Å². The summed E-state index contributed by atoms with van der Waals surface area (Å²) in [7, 11) is 0. The van der Waals surface area contributed by atoms with Crippen molar-refractivity contribution in [2.75, 3.05) is 26.3 Å². The van der Waals surface area contributed by atoms with E-state index in [4.69, 9.17) is 4.74 Å². The molecule has 4 heteroatoms. The molecule has 22 heavy (non-hydrogen) atoms. The van der Waals surface area contributed by atoms with Crippen LogP contribution >= 0.6 is 0 Å². The molecule has 118 valence electrons. The zero-order chi connectivity index (χ0) is 15.6. The Labute approximate surface area is 132 Å². The van der Waals surface area contributed by atoms with E-state index in [0.29, 0.717) is 0 Å². The minimum Gasteiger partial charge on any atom is -0.379 e. The monoisotopic (exact) mass is 299 g/mol. The fourth-order valence-corrected chi connectivity index (χ4v) is 2.64. The fraction of sp³-hybridized carbons (Fsp3) is 0.500. The minimum atomic E-state index is 0.0848. The number of morpholine rings is 1. The highest BCUT2D eigenvalue weighted by Crippen LogP contribution is 2.21. The van der Waals surface area contributed by atoms with Crippen molar-refractivity contribution in [3.05, 3.63) is 47.8 Å². The van der Waals surface area contributed by atoms with E-state index < -0.39 is 0 Å². The maximum absolute atomic E-state index is 5.39. The molecule has 0 atom stereocenters. The summed E-state index contributed by atoms with van der Waals surface area (Å²) in [6.45, 7) is 11.3. The number of ether oxygens (including phenoxy) is 1. The van der Waals surface area contributed by atoms with Crippen molar-refractivity contribution in [3.63, 3.8) is 0 Å². The lowest BCUT2D eigenvalue weighted by atomic mass is 9.93. The standard InChI is InChI=1S/C18H25N3O/c1-18(2,3)17-8-9-21(19-17)16-6-4-15(5-7-16)14-20-10-12-22-13-11-20/h4-9H,10-14H2,1-3H3. The van der Waals surface area contributed by atoms with Gasteiger partial charge in [0.05, 0.1) is 24.6 Å². The molecule has 0 N–H and O–H groups in total. The second-order valence-corrected chi connectivity index (χ2v) is 6.95. The third-order valence-corrected chi connectivity index (χ3v) is 4.07. The summed E-state index contributed by atoms with van der Waals surface area (Å²) in [5, 5.41) is 4.69. The molecule has 0 radical (unpaired) electrons. The van der Waals surface area contributed by atoms with Gasteiger partial charge < -0.3 is 4.74 Å². The van der Waals surface area contributed by atoms with Crippen LogP contribution in [0.4, 0.5) is 0 Å². The molecule has 1 aromatic carbocycles. The Bertz CT molecular complexity index is 604. The highest BCUT2D eigenvalue weighted by molar-refractivity contribution is 5.34. The van der Waals surface area contributed by atoms with Gasteiger partial charge in [-0.05, 0) is 23.8 Å². The van der Waals surface area contributed by atoms with Gasteiger partial charge >= 0.3 is 0 Å². The van der Waals surface area contributed by atoms with Gasteiger partial charge in [0, 0.05) is 31.2 Å². The van der Waals surface area contributed by atoms with Gasteiger partial charge in [0.2, 0.25) is 0 Å². The zero-order valence-electron chi connectivity index (χ0n) is 13.7. The Kier molecular flexibility index (Phi) is 4.32. The Balaban J connectivity index is 1.69. The highest BCUT2D eigenvalue weighted by Gasteiger charge is 2.17. The minimum absolute atomic E-state index is 0.0848. The highest BCUT2D eigenvalue weighted by atomic mass is 16.5. The van der Waals surface area contributed by atoms with Crippen molar-refractivity contribution in [2.24, 2.45) is 0 Å². The second-order valence-electron chi connectivity index (χ2n) is 6.95. The molecule has 0 aliphatic carbocycles. The van der Waals surface area contributed by atoms with Crippen LogP contribution < -0.4 is 0 Å². The average molecular weight is 299 g/mol. The number of benzene rings is 1. The van der Waals surface area contributed by atoms with E-state index in [1.54, 1.807) is 0 Å². The van der Waals surface area contributed by atoms with Crippen LogP contribution in [0.3, 0.4) is 0 Å². The molecule has 2 heterocycles. The molecule has 0 bridgehead atoms. The lowest BCUT2D eigenvalue weighted by Gasteiger charge is -2.26. The van der Waals surface area contributed by atoms with Gasteiger partial charge in [-0.1, -0.05) is 32.9 Å². The maximum atomic E-state index is 5.39. The van der Waals surface area contributed by atoms with Crippen LogP contribution in [0.5, 0.6) is 0 Å². The Morgan fingerprint density at radius 1 is 1.05 bits per heavy atom. The molecule has 4 nitrogen and oxygen atoms in total. The SMILES string of the molecule is CC(C)(C)c1ccn(-c2ccc(CN3CCOCC3)cc2)n1. The van der Waals surface area contributed by atoms with Crippen LogP contribution in [0.15, 0.2) is 36.5 Å². The van der Waals surface area contributed by atoms with Gasteiger partial charge in [0.25, 0.3) is 0 Å². The van der Waals surface area contributed by atoms with Gasteiger partial charge in [-0.15, -0.1) is 0 Å². The Morgan fingerprint density at radius 2 is 1.73 bits per heavy atom. The predicted molar refractivity (Wildman–Crippen MR) is 88.4 cm³/mol. The second kappa shape index (κ2) is 6.23. The first-order valence-corrected chi connectivity index (χ1v) is 7.98. The van der Waals surface area contributed by atoms with Crippen LogP contribution in [0, 0.1) is 0 Å². The number of aromatic nitrogens is 2. The summed E-state index contributed by atoms with van der Waals surface area (Å²) in [6.07, 6.45) is 2.04. The first-order chi connectivity index (χ1) is 10.5. The fourth-order valence-electron chi connectivity index (χ4n) is 2.64. The van der Waals surface area contributed by atoms with E-state index in [-0.39, 0.29) is 5.41 Å². The van der Waals surface area contributed by atoms with Gasteiger partial charge in [-0.25, -0.2) is 4.68 Å². The molecule has 1 saturated heterocycles. The van der Waals surface area contributed by atoms with E-state index in [9.17, 15) is 0 Å². The molecule has 0 saturated carbocycles. The van der Waals surface area contributed by atoms with Crippen LogP contribution in [0.1, 0.15) is 32.0 Å². The van der Waals surface area contributed by atoms with Crippen LogP contribution in [0.25, 0.3) is 5.69 Å². The smallest absolute Gasteiger partial charge is 0.0682 e. The summed E-state index contributed by atoms with van der Waals surface area (Å²) in [4.78, 5) is 2.43. The zero-order valence-corrected chi connectivity index (χ0v) is 13.7. The summed E-state index contributed by atoms with van der Waals surface area (Å²) in [5.41, 5.74) is 3.65. The Morgan fingerprint density at radius 3 is 2.32 bits per heavy atom. The van der Waals surface area contributed by atoms with Gasteiger partial charge in [-0.2, -0.15) is 5.10 Å². The molecular weight excluding hydrogens is 274 g/mol. The molecular formula is C18H25N3O. The van der Waals surface area contributed by atoms with Crippen LogP contribution in [0.2, 0.25) is 0 Å². The molecule has 1 aliphatic heterocycles. The molecule has 1 aromatic heterocycles. The van der Waals surface area contributed by atoms with Crippen molar-refractivity contribution >= 4 is 0 Å². The van der Waals surface area contributed by atoms with Crippen molar-refractivity contribution in [1.82, 2.24) is 14.7 Å². The van der Waals surface area contributed by atoms with Crippen molar-refractivity contribution in [2.45, 2.75) is 32.7 Å². The van der Waals surface area contributed by atoms with E-state index >= 15 is 0 Å². The maximum Gasteiger partial charge on any atom is 0.0682 e. The number of nitrogens with zero attached hydrogens (tertiary/aromatic N) is 3. The number of rotatable bonds is 3. The molecule has 2 aromatic rings. The number of hydrogen-bond donors (Lipinski definition) is 0. The van der Waals surface area contributed by atoms with Gasteiger partial charge in [-0.3, -0.25) is 4.90 Å². The van der Waals surface area contributed by atoms with Crippen LogP contribution in [-0.2, 0) is 16.7 Å². The van der Waals surface area contributed by atoms with E-state index in [1.165, 1.54) is 5.56 Å². The quantitative estimate of drug-likeness (QED) is 0.873. The lowest BCUT2D eigenvalue weighted by molar-refractivity contribution is 0.0342. The molecule has 3 rings (SSSR count). The molecule has 0 spiro atoms. The molecule has 0 unspecified atom stereocenters. The van der Waals surface area contributed by atoms with Crippen molar-refractivity contribution in [1.29, 1.82) is 0 Å². The van der Waals surface area contributed by atoms with E-state index in [1.807, 2.05) is 10.9 Å². The summed E-state index contributed by atoms with van der Waals surface area (Å²) in [5.74, 6) is 0. The Hall–Kier alpha value is -1.65. The van der Waals surface area contributed by atoms with Crippen molar-refractivity contribution in [3.8, 4) is 5.69 Å².